The van der Waals surface area contributed by atoms with Gasteiger partial charge in [-0.3, -0.25) is 10.1 Å². The minimum absolute atomic E-state index is 0.00470. The Labute approximate surface area is 227 Å². The molecule has 1 N–H and O–H groups in total. The average molecular weight is 554 g/mol. The number of benzene rings is 2. The molecule has 200 valence electrons. The Morgan fingerprint density at radius 3 is 2.34 bits per heavy atom. The first-order valence-corrected chi connectivity index (χ1v) is 14.8. The summed E-state index contributed by atoms with van der Waals surface area (Å²) >= 11 is 1.28. The first-order chi connectivity index (χ1) is 17.9. The largest absolute Gasteiger partial charge is 0.465 e. The summed E-state index contributed by atoms with van der Waals surface area (Å²) in [5.41, 5.74) is 2.36. The third-order valence-electron chi connectivity index (χ3n) is 7.42. The zero-order valence-corrected chi connectivity index (χ0v) is 23.5. The number of esters is 1. The number of anilines is 1. The lowest BCUT2D eigenvalue weighted by atomic mass is 9.65. The van der Waals surface area contributed by atoms with E-state index in [0.29, 0.717) is 28.5 Å². The quantitative estimate of drug-likeness (QED) is 0.408. The molecule has 1 aliphatic carbocycles. The van der Waals surface area contributed by atoms with Crippen LogP contribution in [0, 0.1) is 10.8 Å². The molecule has 0 spiro atoms. The summed E-state index contributed by atoms with van der Waals surface area (Å²) in [5.74, 6) is -0.787. The Kier molecular flexibility index (Phi) is 6.69. The third-order valence-corrected chi connectivity index (χ3v) is 10.1. The highest BCUT2D eigenvalue weighted by Crippen LogP contribution is 2.53. The fourth-order valence-corrected chi connectivity index (χ4v) is 8.62. The molecule has 3 aromatic rings. The zero-order valence-electron chi connectivity index (χ0n) is 21.9. The van der Waals surface area contributed by atoms with Crippen molar-refractivity contribution in [2.45, 2.75) is 51.0 Å². The number of hydrogen-bond donors (Lipinski definition) is 1. The summed E-state index contributed by atoms with van der Waals surface area (Å²) in [7, 11) is -2.33. The maximum atomic E-state index is 13.5. The van der Waals surface area contributed by atoms with Crippen LogP contribution in [0.4, 0.5) is 5.13 Å². The predicted octanol–water partition coefficient (Wildman–Crippen LogP) is 5.44. The van der Waals surface area contributed by atoms with Crippen LogP contribution >= 0.6 is 11.3 Å². The summed E-state index contributed by atoms with van der Waals surface area (Å²) in [5, 5.41) is 5.01. The highest BCUT2D eigenvalue weighted by atomic mass is 32.2. The van der Waals surface area contributed by atoms with Crippen LogP contribution in [0.15, 0.2) is 58.8 Å². The SMILES string of the molecule is COC(=O)c1ccc(-c2csc(NC(=O)c3ccc(S(=O)(=O)N4C[C@@]5(C)C[C@@H]4CC(C)(C)C5)cc3)n2)cc1. The molecule has 1 aromatic heterocycles. The van der Waals surface area contributed by atoms with Crippen molar-refractivity contribution in [3.05, 3.63) is 65.0 Å². The van der Waals surface area contributed by atoms with Gasteiger partial charge < -0.3 is 4.74 Å². The molecule has 10 heteroatoms. The van der Waals surface area contributed by atoms with Gasteiger partial charge in [0.25, 0.3) is 5.91 Å². The number of amides is 1. The Balaban J connectivity index is 1.27. The molecule has 2 atom stereocenters. The molecular formula is C28H31N3O5S2. The van der Waals surface area contributed by atoms with Gasteiger partial charge in [0.15, 0.2) is 5.13 Å². The van der Waals surface area contributed by atoms with Crippen molar-refractivity contribution in [3.63, 3.8) is 0 Å². The second-order valence-corrected chi connectivity index (χ2v) is 14.1. The average Bonchev–Trinajstić information content (AvgIpc) is 3.44. The van der Waals surface area contributed by atoms with Crippen molar-refractivity contribution >= 4 is 38.4 Å². The van der Waals surface area contributed by atoms with Crippen LogP contribution in [-0.2, 0) is 14.8 Å². The monoisotopic (exact) mass is 553 g/mol. The van der Waals surface area contributed by atoms with Crippen LogP contribution in [-0.4, -0.2) is 49.3 Å². The van der Waals surface area contributed by atoms with Gasteiger partial charge in [0.05, 0.1) is 23.3 Å². The van der Waals surface area contributed by atoms with E-state index in [4.69, 9.17) is 4.74 Å². The van der Waals surface area contributed by atoms with E-state index in [1.54, 1.807) is 28.6 Å². The van der Waals surface area contributed by atoms with Gasteiger partial charge in [0, 0.05) is 29.1 Å². The summed E-state index contributed by atoms with van der Waals surface area (Å²) in [4.78, 5) is 29.1. The zero-order chi connectivity index (χ0) is 27.3. The van der Waals surface area contributed by atoms with Crippen molar-refractivity contribution in [2.24, 2.45) is 10.8 Å². The fraction of sp³-hybridized carbons (Fsp3) is 0.393. The Bertz CT molecular complexity index is 1480. The Morgan fingerprint density at radius 2 is 1.68 bits per heavy atom. The van der Waals surface area contributed by atoms with Gasteiger partial charge in [0.1, 0.15) is 0 Å². The number of methoxy groups -OCH3 is 1. The third kappa shape index (κ3) is 5.12. The fourth-order valence-electron chi connectivity index (χ4n) is 6.13. The van der Waals surface area contributed by atoms with Crippen molar-refractivity contribution in [2.75, 3.05) is 19.0 Å². The summed E-state index contributed by atoms with van der Waals surface area (Å²) in [6.45, 7) is 7.15. The van der Waals surface area contributed by atoms with E-state index < -0.39 is 16.0 Å². The number of ether oxygens (including phenoxy) is 1. The minimum Gasteiger partial charge on any atom is -0.465 e. The van der Waals surface area contributed by atoms with Gasteiger partial charge in [0.2, 0.25) is 10.0 Å². The number of sulfonamides is 1. The van der Waals surface area contributed by atoms with Gasteiger partial charge in [-0.1, -0.05) is 32.9 Å². The van der Waals surface area contributed by atoms with Gasteiger partial charge in [-0.2, -0.15) is 4.31 Å². The molecule has 0 radical (unpaired) electrons. The van der Waals surface area contributed by atoms with Crippen LogP contribution in [0.3, 0.4) is 0 Å². The Morgan fingerprint density at radius 1 is 1.03 bits per heavy atom. The summed E-state index contributed by atoms with van der Waals surface area (Å²) in [6, 6.07) is 12.9. The van der Waals surface area contributed by atoms with Crippen LogP contribution in [0.5, 0.6) is 0 Å². The maximum Gasteiger partial charge on any atom is 0.337 e. The highest BCUT2D eigenvalue weighted by Gasteiger charge is 2.53. The van der Waals surface area contributed by atoms with Crippen molar-refractivity contribution < 1.29 is 22.7 Å². The van der Waals surface area contributed by atoms with Crippen molar-refractivity contribution in [1.29, 1.82) is 0 Å². The standard InChI is InChI=1S/C28H31N3O5S2/c1-27(2)13-21-14-28(3,16-27)17-31(21)38(34,35)22-11-9-19(10-12-22)24(32)30-26-29-23(15-37-26)18-5-7-20(8-6-18)25(33)36-4/h5-12,15,21H,13-14,16-17H2,1-4H3,(H,29,30,32)/t21-,28-/m0/s1. The van der Waals surface area contributed by atoms with E-state index in [9.17, 15) is 18.0 Å². The molecule has 1 amide bonds. The molecule has 2 aromatic carbocycles. The van der Waals surface area contributed by atoms with E-state index in [1.807, 2.05) is 5.38 Å². The number of aromatic nitrogens is 1. The number of carbonyl (C=O) groups excluding carboxylic acids is 2. The molecule has 5 rings (SSSR count). The first-order valence-electron chi connectivity index (χ1n) is 12.5. The maximum absolute atomic E-state index is 13.5. The molecule has 2 heterocycles. The molecule has 8 nitrogen and oxygen atoms in total. The number of carbonyl (C=O) groups is 2. The lowest BCUT2D eigenvalue weighted by Gasteiger charge is -2.39. The van der Waals surface area contributed by atoms with E-state index in [1.165, 1.54) is 42.7 Å². The van der Waals surface area contributed by atoms with Crippen LogP contribution in [0.2, 0.25) is 0 Å². The smallest absolute Gasteiger partial charge is 0.337 e. The van der Waals surface area contributed by atoms with Gasteiger partial charge >= 0.3 is 5.97 Å². The summed E-state index contributed by atoms with van der Waals surface area (Å²) < 4.78 is 33.4. The lowest BCUT2D eigenvalue weighted by molar-refractivity contribution is 0.0600. The van der Waals surface area contributed by atoms with E-state index in [2.05, 4.69) is 31.1 Å². The molecule has 0 unspecified atom stereocenters. The second kappa shape index (κ2) is 9.59. The Hall–Kier alpha value is -3.08. The number of hydrogen-bond acceptors (Lipinski definition) is 7. The molecule has 38 heavy (non-hydrogen) atoms. The van der Waals surface area contributed by atoms with Gasteiger partial charge in [-0.05, 0) is 66.5 Å². The lowest BCUT2D eigenvalue weighted by Crippen LogP contribution is -2.37. The predicted molar refractivity (Wildman–Crippen MR) is 147 cm³/mol. The van der Waals surface area contributed by atoms with Crippen LogP contribution < -0.4 is 5.32 Å². The van der Waals surface area contributed by atoms with Gasteiger partial charge in [-0.25, -0.2) is 18.2 Å². The molecule has 2 fully saturated rings. The number of rotatable bonds is 6. The molecule has 1 saturated carbocycles. The molecule has 1 saturated heterocycles. The van der Waals surface area contributed by atoms with E-state index in [-0.39, 0.29) is 27.7 Å². The number of fused-ring (bicyclic) bond motifs is 2. The first kappa shape index (κ1) is 26.5. The van der Waals surface area contributed by atoms with Gasteiger partial charge in [-0.15, -0.1) is 11.3 Å². The highest BCUT2D eigenvalue weighted by molar-refractivity contribution is 7.89. The number of nitrogens with zero attached hydrogens (tertiary/aromatic N) is 2. The molecule has 2 bridgehead atoms. The molecule has 1 aliphatic heterocycles. The topological polar surface area (TPSA) is 106 Å². The molecule has 2 aliphatic rings. The molecular weight excluding hydrogens is 522 g/mol. The summed E-state index contributed by atoms with van der Waals surface area (Å²) in [6.07, 6.45) is 2.76. The second-order valence-electron chi connectivity index (χ2n) is 11.3. The normalized spacial score (nSPS) is 22.7. The van der Waals surface area contributed by atoms with E-state index in [0.717, 1.165) is 24.8 Å². The van der Waals surface area contributed by atoms with Crippen molar-refractivity contribution in [1.82, 2.24) is 9.29 Å². The van der Waals surface area contributed by atoms with E-state index >= 15 is 0 Å². The number of thiazole rings is 1. The van der Waals surface area contributed by atoms with Crippen LogP contribution in [0.1, 0.15) is 60.7 Å². The van der Waals surface area contributed by atoms with Crippen LogP contribution in [0.25, 0.3) is 11.3 Å². The van der Waals surface area contributed by atoms with Crippen molar-refractivity contribution in [3.8, 4) is 11.3 Å². The number of nitrogens with one attached hydrogen (secondary N) is 1. The minimum atomic E-state index is -3.66.